The zero-order valence-corrected chi connectivity index (χ0v) is 17.7. The number of methoxy groups -OCH3 is 1. The van der Waals surface area contributed by atoms with Crippen LogP contribution in [0.5, 0.6) is 0 Å². The molecule has 0 bridgehead atoms. The van der Waals surface area contributed by atoms with Crippen molar-refractivity contribution in [3.63, 3.8) is 0 Å². The van der Waals surface area contributed by atoms with E-state index >= 15 is 0 Å². The quantitative estimate of drug-likeness (QED) is 0.353. The molecule has 2 rings (SSSR count). The van der Waals surface area contributed by atoms with Crippen molar-refractivity contribution in [3.8, 4) is 0 Å². The average Bonchev–Trinajstić information content (AvgIpc) is 2.69. The second kappa shape index (κ2) is 11.7. The van der Waals surface area contributed by atoms with Gasteiger partial charge in [-0.2, -0.15) is 0 Å². The summed E-state index contributed by atoms with van der Waals surface area (Å²) >= 11 is 11.4. The highest BCUT2D eigenvalue weighted by Gasteiger charge is 2.34. The predicted molar refractivity (Wildman–Crippen MR) is 111 cm³/mol. The van der Waals surface area contributed by atoms with Crippen molar-refractivity contribution >= 4 is 46.7 Å². The highest BCUT2D eigenvalue weighted by atomic mass is 35.5. The SMILES string of the molecule is COCCOC(=O)CC1C(=O)NCCN1C(=S)NC(=O)CCc1ccccc1Cl. The maximum atomic E-state index is 12.3. The molecule has 158 valence electrons. The number of hydrogen-bond acceptors (Lipinski definition) is 6. The van der Waals surface area contributed by atoms with E-state index in [9.17, 15) is 14.4 Å². The molecular weight excluding hydrogens is 418 g/mol. The Morgan fingerprint density at radius 1 is 1.34 bits per heavy atom. The molecule has 1 unspecified atom stereocenters. The molecule has 0 radical (unpaired) electrons. The first-order valence-electron chi connectivity index (χ1n) is 9.18. The van der Waals surface area contributed by atoms with Crippen LogP contribution in [-0.2, 0) is 30.3 Å². The summed E-state index contributed by atoms with van der Waals surface area (Å²) in [5.74, 6) is -1.17. The summed E-state index contributed by atoms with van der Waals surface area (Å²) in [6.07, 6.45) is 0.475. The monoisotopic (exact) mass is 441 g/mol. The molecule has 1 heterocycles. The Bertz CT molecular complexity index is 761. The third kappa shape index (κ3) is 7.26. The van der Waals surface area contributed by atoms with Gasteiger partial charge in [-0.1, -0.05) is 29.8 Å². The molecule has 2 N–H and O–H groups in total. The fourth-order valence-corrected chi connectivity index (χ4v) is 3.38. The van der Waals surface area contributed by atoms with Crippen molar-refractivity contribution in [3.05, 3.63) is 34.9 Å². The average molecular weight is 442 g/mol. The Morgan fingerprint density at radius 3 is 2.83 bits per heavy atom. The van der Waals surface area contributed by atoms with Crippen LogP contribution in [0.3, 0.4) is 0 Å². The lowest BCUT2D eigenvalue weighted by Gasteiger charge is -2.36. The van der Waals surface area contributed by atoms with Crippen molar-refractivity contribution in [2.24, 2.45) is 0 Å². The fourth-order valence-electron chi connectivity index (χ4n) is 2.82. The van der Waals surface area contributed by atoms with E-state index in [2.05, 4.69) is 10.6 Å². The second-order valence-corrected chi connectivity index (χ2v) is 7.16. The van der Waals surface area contributed by atoms with Gasteiger partial charge >= 0.3 is 5.97 Å². The zero-order chi connectivity index (χ0) is 21.2. The lowest BCUT2D eigenvalue weighted by Crippen LogP contribution is -2.60. The van der Waals surface area contributed by atoms with E-state index in [4.69, 9.17) is 33.3 Å². The third-order valence-corrected chi connectivity index (χ3v) is 5.03. The molecule has 1 atom stereocenters. The Labute approximate surface area is 179 Å². The summed E-state index contributed by atoms with van der Waals surface area (Å²) < 4.78 is 9.85. The maximum absolute atomic E-state index is 12.3. The lowest BCUT2D eigenvalue weighted by molar-refractivity contribution is -0.148. The molecule has 0 aliphatic carbocycles. The van der Waals surface area contributed by atoms with Crippen LogP contribution < -0.4 is 10.6 Å². The molecule has 0 aromatic heterocycles. The zero-order valence-electron chi connectivity index (χ0n) is 16.1. The number of hydrogen-bond donors (Lipinski definition) is 2. The number of carbonyl (C=O) groups excluding carboxylic acids is 3. The van der Waals surface area contributed by atoms with Gasteiger partial charge in [0.05, 0.1) is 13.0 Å². The molecule has 29 heavy (non-hydrogen) atoms. The number of thiocarbonyl (C=S) groups is 1. The van der Waals surface area contributed by atoms with Gasteiger partial charge in [-0.05, 0) is 30.3 Å². The first-order chi connectivity index (χ1) is 13.9. The van der Waals surface area contributed by atoms with Crippen LogP contribution in [0.15, 0.2) is 24.3 Å². The first kappa shape index (κ1) is 23.1. The van der Waals surface area contributed by atoms with Crippen LogP contribution in [0, 0.1) is 0 Å². The minimum atomic E-state index is -0.838. The lowest BCUT2D eigenvalue weighted by atomic mass is 10.1. The summed E-state index contributed by atoms with van der Waals surface area (Å²) in [5.41, 5.74) is 0.865. The van der Waals surface area contributed by atoms with Gasteiger partial charge in [0, 0.05) is 31.6 Å². The normalized spacial score (nSPS) is 16.1. The molecule has 1 saturated heterocycles. The van der Waals surface area contributed by atoms with E-state index in [1.165, 1.54) is 7.11 Å². The summed E-state index contributed by atoms with van der Waals surface area (Å²) in [4.78, 5) is 38.1. The summed E-state index contributed by atoms with van der Waals surface area (Å²) in [7, 11) is 1.50. The van der Waals surface area contributed by atoms with E-state index in [1.54, 1.807) is 11.0 Å². The van der Waals surface area contributed by atoms with Crippen LogP contribution >= 0.6 is 23.8 Å². The molecule has 8 nitrogen and oxygen atoms in total. The van der Waals surface area contributed by atoms with Crippen molar-refractivity contribution in [1.82, 2.24) is 15.5 Å². The van der Waals surface area contributed by atoms with Crippen LogP contribution in [0.2, 0.25) is 5.02 Å². The van der Waals surface area contributed by atoms with Gasteiger partial charge in [-0.25, -0.2) is 0 Å². The summed E-state index contributed by atoms with van der Waals surface area (Å²) in [5, 5.41) is 6.04. The maximum Gasteiger partial charge on any atom is 0.308 e. The molecule has 1 aliphatic rings. The third-order valence-electron chi connectivity index (χ3n) is 4.33. The minimum absolute atomic E-state index is 0.104. The molecule has 1 fully saturated rings. The predicted octanol–water partition coefficient (Wildman–Crippen LogP) is 1.05. The van der Waals surface area contributed by atoms with E-state index in [-0.39, 0.29) is 43.0 Å². The van der Waals surface area contributed by atoms with Crippen LogP contribution in [0.1, 0.15) is 18.4 Å². The highest BCUT2D eigenvalue weighted by molar-refractivity contribution is 7.80. The smallest absolute Gasteiger partial charge is 0.308 e. The number of piperazine rings is 1. The number of halogens is 1. The van der Waals surface area contributed by atoms with E-state index in [1.807, 2.05) is 18.2 Å². The molecule has 0 saturated carbocycles. The molecular formula is C19H24ClN3O5S. The van der Waals surface area contributed by atoms with Gasteiger partial charge in [-0.15, -0.1) is 0 Å². The van der Waals surface area contributed by atoms with Gasteiger partial charge in [0.25, 0.3) is 0 Å². The van der Waals surface area contributed by atoms with Crippen molar-refractivity contribution in [2.75, 3.05) is 33.4 Å². The number of nitrogens with zero attached hydrogens (tertiary/aromatic N) is 1. The van der Waals surface area contributed by atoms with Crippen LogP contribution in [0.25, 0.3) is 0 Å². The minimum Gasteiger partial charge on any atom is -0.463 e. The van der Waals surface area contributed by atoms with Crippen molar-refractivity contribution < 1.29 is 23.9 Å². The Morgan fingerprint density at radius 2 is 2.10 bits per heavy atom. The molecule has 2 amide bonds. The Hall–Kier alpha value is -2.23. The number of esters is 1. The molecule has 1 aromatic rings. The fraction of sp³-hybridized carbons (Fsp3) is 0.474. The van der Waals surface area contributed by atoms with Gasteiger partial charge < -0.3 is 25.0 Å². The molecule has 1 aliphatic heterocycles. The summed E-state index contributed by atoms with van der Waals surface area (Å²) in [6, 6.07) is 6.46. The van der Waals surface area contributed by atoms with Gasteiger partial charge in [0.2, 0.25) is 11.8 Å². The van der Waals surface area contributed by atoms with E-state index < -0.39 is 12.0 Å². The van der Waals surface area contributed by atoms with Crippen LogP contribution in [0.4, 0.5) is 0 Å². The van der Waals surface area contributed by atoms with Crippen molar-refractivity contribution in [1.29, 1.82) is 0 Å². The largest absolute Gasteiger partial charge is 0.463 e. The van der Waals surface area contributed by atoms with Gasteiger partial charge in [-0.3, -0.25) is 14.4 Å². The number of aryl methyl sites for hydroxylation is 1. The molecule has 1 aromatic carbocycles. The number of amides is 2. The molecule has 0 spiro atoms. The van der Waals surface area contributed by atoms with E-state index in [0.29, 0.717) is 24.5 Å². The van der Waals surface area contributed by atoms with Crippen LogP contribution in [-0.4, -0.2) is 67.3 Å². The number of carbonyl (C=O) groups is 3. The first-order valence-corrected chi connectivity index (χ1v) is 9.97. The number of rotatable bonds is 8. The topological polar surface area (TPSA) is 97.0 Å². The summed E-state index contributed by atoms with van der Waals surface area (Å²) in [6.45, 7) is 1.12. The second-order valence-electron chi connectivity index (χ2n) is 6.36. The van der Waals surface area contributed by atoms with E-state index in [0.717, 1.165) is 5.56 Å². The number of ether oxygens (including phenoxy) is 2. The Balaban J connectivity index is 1.90. The standard InChI is InChI=1S/C19H24ClN3O5S/c1-27-10-11-28-17(25)12-15-18(26)21-8-9-23(15)19(29)22-16(24)7-6-13-4-2-3-5-14(13)20/h2-5,15H,6-12H2,1H3,(H,21,26)(H,22,24,29). The van der Waals surface area contributed by atoms with Gasteiger partial charge in [0.1, 0.15) is 12.6 Å². The molecule has 10 heteroatoms. The Kier molecular flexibility index (Phi) is 9.30. The number of benzene rings is 1. The van der Waals surface area contributed by atoms with Crippen molar-refractivity contribution in [2.45, 2.75) is 25.3 Å². The van der Waals surface area contributed by atoms with Gasteiger partial charge in [0.15, 0.2) is 5.11 Å². The highest BCUT2D eigenvalue weighted by Crippen LogP contribution is 2.16. The number of nitrogens with one attached hydrogen (secondary N) is 2.